The van der Waals surface area contributed by atoms with E-state index in [1.807, 2.05) is 24.3 Å². The zero-order valence-corrected chi connectivity index (χ0v) is 11.5. The van der Waals surface area contributed by atoms with Crippen molar-refractivity contribution in [2.24, 2.45) is 0 Å². The van der Waals surface area contributed by atoms with E-state index < -0.39 is 5.82 Å². The number of carbonyl (C=O) groups excluding carboxylic acids is 1. The van der Waals surface area contributed by atoms with Crippen molar-refractivity contribution in [2.75, 3.05) is 11.9 Å². The number of urea groups is 1. The monoisotopic (exact) mass is 288 g/mol. The summed E-state index contributed by atoms with van der Waals surface area (Å²) >= 11 is 0. The van der Waals surface area contributed by atoms with Crippen molar-refractivity contribution in [1.82, 2.24) is 5.32 Å². The molecule has 0 aliphatic rings. The van der Waals surface area contributed by atoms with Crippen LogP contribution in [0.15, 0.2) is 48.5 Å². The third-order valence-corrected chi connectivity index (χ3v) is 2.99. The molecule has 0 bridgehead atoms. The van der Waals surface area contributed by atoms with Crippen LogP contribution in [0.3, 0.4) is 0 Å². The number of halogens is 1. The molecular weight excluding hydrogens is 271 g/mol. The number of benzene rings is 2. The number of hydrogen-bond donors (Lipinski definition) is 3. The first-order valence-corrected chi connectivity index (χ1v) is 6.66. The molecule has 0 saturated carbocycles. The third kappa shape index (κ3) is 4.89. The first kappa shape index (κ1) is 15.0. The van der Waals surface area contributed by atoms with E-state index in [-0.39, 0.29) is 12.6 Å². The van der Waals surface area contributed by atoms with E-state index in [1.165, 1.54) is 18.2 Å². The molecule has 0 aliphatic carbocycles. The molecule has 110 valence electrons. The Bertz CT molecular complexity index is 599. The Balaban J connectivity index is 1.76. The molecule has 0 spiro atoms. The summed E-state index contributed by atoms with van der Waals surface area (Å²) in [7, 11) is 0. The van der Waals surface area contributed by atoms with Gasteiger partial charge in [-0.05, 0) is 35.7 Å². The van der Waals surface area contributed by atoms with Crippen LogP contribution >= 0.6 is 0 Å². The largest absolute Gasteiger partial charge is 0.392 e. The Morgan fingerprint density at radius 1 is 1.10 bits per heavy atom. The van der Waals surface area contributed by atoms with Crippen LogP contribution in [0.5, 0.6) is 0 Å². The van der Waals surface area contributed by atoms with Crippen molar-refractivity contribution in [2.45, 2.75) is 13.0 Å². The fourth-order valence-electron chi connectivity index (χ4n) is 1.87. The molecule has 0 fully saturated rings. The second-order valence-corrected chi connectivity index (χ2v) is 4.62. The average Bonchev–Trinajstić information content (AvgIpc) is 2.48. The fourth-order valence-corrected chi connectivity index (χ4v) is 1.87. The lowest BCUT2D eigenvalue weighted by atomic mass is 10.1. The van der Waals surface area contributed by atoms with Crippen LogP contribution in [0.1, 0.15) is 11.1 Å². The second-order valence-electron chi connectivity index (χ2n) is 4.62. The number of anilines is 1. The summed E-state index contributed by atoms with van der Waals surface area (Å²) in [6, 6.07) is 12.9. The molecule has 4 nitrogen and oxygen atoms in total. The molecule has 0 heterocycles. The number of carbonyl (C=O) groups is 1. The molecular formula is C16H17FN2O2. The standard InChI is InChI=1S/C16H17FN2O2/c17-14-2-1-3-15(10-14)19-16(21)18-9-8-12-4-6-13(11-20)7-5-12/h1-7,10,20H,8-9,11H2,(H2,18,19,21). The highest BCUT2D eigenvalue weighted by molar-refractivity contribution is 5.89. The van der Waals surface area contributed by atoms with Gasteiger partial charge in [-0.3, -0.25) is 0 Å². The van der Waals surface area contributed by atoms with E-state index in [9.17, 15) is 9.18 Å². The first-order valence-electron chi connectivity index (χ1n) is 6.66. The van der Waals surface area contributed by atoms with Crippen molar-refractivity contribution < 1.29 is 14.3 Å². The van der Waals surface area contributed by atoms with Gasteiger partial charge in [-0.15, -0.1) is 0 Å². The van der Waals surface area contributed by atoms with Crippen molar-refractivity contribution >= 4 is 11.7 Å². The number of aliphatic hydroxyl groups is 1. The molecule has 0 radical (unpaired) electrons. The summed E-state index contributed by atoms with van der Waals surface area (Å²) in [5.41, 5.74) is 2.34. The fraction of sp³-hybridized carbons (Fsp3) is 0.188. The molecule has 2 aromatic carbocycles. The minimum absolute atomic E-state index is 0.0224. The highest BCUT2D eigenvalue weighted by atomic mass is 19.1. The summed E-state index contributed by atoms with van der Waals surface area (Å²) in [6.45, 7) is 0.494. The van der Waals surface area contributed by atoms with Gasteiger partial charge in [0, 0.05) is 12.2 Å². The zero-order valence-electron chi connectivity index (χ0n) is 11.5. The van der Waals surface area contributed by atoms with E-state index >= 15 is 0 Å². The Morgan fingerprint density at radius 3 is 2.48 bits per heavy atom. The number of nitrogens with one attached hydrogen (secondary N) is 2. The summed E-state index contributed by atoms with van der Waals surface area (Å²) in [5.74, 6) is -0.392. The van der Waals surface area contributed by atoms with Crippen molar-refractivity contribution in [1.29, 1.82) is 0 Å². The number of rotatable bonds is 5. The van der Waals surface area contributed by atoms with Gasteiger partial charge in [0.15, 0.2) is 0 Å². The van der Waals surface area contributed by atoms with Crippen LogP contribution in [0.2, 0.25) is 0 Å². The van der Waals surface area contributed by atoms with E-state index in [4.69, 9.17) is 5.11 Å². The second kappa shape index (κ2) is 7.40. The molecule has 3 N–H and O–H groups in total. The van der Waals surface area contributed by atoms with Crippen LogP contribution in [0, 0.1) is 5.82 Å². The summed E-state index contributed by atoms with van der Waals surface area (Å²) in [4.78, 5) is 11.6. The molecule has 2 amide bonds. The third-order valence-electron chi connectivity index (χ3n) is 2.99. The molecule has 0 aliphatic heterocycles. The Labute approximate surface area is 122 Å². The molecule has 0 saturated heterocycles. The van der Waals surface area contributed by atoms with Crippen molar-refractivity contribution in [3.63, 3.8) is 0 Å². The van der Waals surface area contributed by atoms with Crippen LogP contribution < -0.4 is 10.6 Å². The highest BCUT2D eigenvalue weighted by Gasteiger charge is 2.02. The maximum atomic E-state index is 13.0. The molecule has 0 atom stereocenters. The predicted octanol–water partition coefficient (Wildman–Crippen LogP) is 2.68. The van der Waals surface area contributed by atoms with Gasteiger partial charge < -0.3 is 15.7 Å². The molecule has 21 heavy (non-hydrogen) atoms. The molecule has 2 rings (SSSR count). The van der Waals surface area contributed by atoms with Gasteiger partial charge in [0.1, 0.15) is 5.82 Å². The smallest absolute Gasteiger partial charge is 0.319 e. The van der Waals surface area contributed by atoms with Gasteiger partial charge in [0.25, 0.3) is 0 Å². The predicted molar refractivity (Wildman–Crippen MR) is 79.5 cm³/mol. The molecule has 0 unspecified atom stereocenters. The minimum atomic E-state index is -0.392. The van der Waals surface area contributed by atoms with E-state index in [0.29, 0.717) is 18.7 Å². The van der Waals surface area contributed by atoms with Gasteiger partial charge in [0.05, 0.1) is 6.61 Å². The van der Waals surface area contributed by atoms with Gasteiger partial charge in [0.2, 0.25) is 0 Å². The van der Waals surface area contributed by atoms with Gasteiger partial charge in [-0.2, -0.15) is 0 Å². The van der Waals surface area contributed by atoms with Crippen LogP contribution in [-0.2, 0) is 13.0 Å². The topological polar surface area (TPSA) is 61.4 Å². The Hall–Kier alpha value is -2.40. The number of hydrogen-bond acceptors (Lipinski definition) is 2. The molecule has 5 heteroatoms. The zero-order chi connectivity index (χ0) is 15.1. The lowest BCUT2D eigenvalue weighted by Gasteiger charge is -2.08. The lowest BCUT2D eigenvalue weighted by Crippen LogP contribution is -2.30. The first-order chi connectivity index (χ1) is 10.2. The number of amides is 2. The van der Waals surface area contributed by atoms with Crippen LogP contribution in [-0.4, -0.2) is 17.7 Å². The summed E-state index contributed by atoms with van der Waals surface area (Å²) in [6.07, 6.45) is 0.683. The average molecular weight is 288 g/mol. The van der Waals surface area contributed by atoms with Crippen LogP contribution in [0.25, 0.3) is 0 Å². The molecule has 0 aromatic heterocycles. The number of aliphatic hydroxyl groups excluding tert-OH is 1. The van der Waals surface area contributed by atoms with E-state index in [0.717, 1.165) is 11.1 Å². The summed E-state index contributed by atoms with van der Waals surface area (Å²) in [5, 5.41) is 14.2. The Kier molecular flexibility index (Phi) is 5.29. The summed E-state index contributed by atoms with van der Waals surface area (Å²) < 4.78 is 13.0. The quantitative estimate of drug-likeness (QED) is 0.792. The normalized spacial score (nSPS) is 10.2. The molecule has 2 aromatic rings. The lowest BCUT2D eigenvalue weighted by molar-refractivity contribution is 0.252. The van der Waals surface area contributed by atoms with Crippen molar-refractivity contribution in [3.8, 4) is 0 Å². The maximum absolute atomic E-state index is 13.0. The highest BCUT2D eigenvalue weighted by Crippen LogP contribution is 2.08. The van der Waals surface area contributed by atoms with E-state index in [1.54, 1.807) is 6.07 Å². The minimum Gasteiger partial charge on any atom is -0.392 e. The SMILES string of the molecule is O=C(NCCc1ccc(CO)cc1)Nc1cccc(F)c1. The van der Waals surface area contributed by atoms with E-state index in [2.05, 4.69) is 10.6 Å². The van der Waals surface area contributed by atoms with Crippen LogP contribution in [0.4, 0.5) is 14.9 Å². The Morgan fingerprint density at radius 2 is 1.81 bits per heavy atom. The van der Waals surface area contributed by atoms with Gasteiger partial charge in [-0.25, -0.2) is 9.18 Å². The van der Waals surface area contributed by atoms with Gasteiger partial charge >= 0.3 is 6.03 Å². The van der Waals surface area contributed by atoms with Gasteiger partial charge in [-0.1, -0.05) is 30.3 Å². The maximum Gasteiger partial charge on any atom is 0.319 e. The van der Waals surface area contributed by atoms with Crippen molar-refractivity contribution in [3.05, 3.63) is 65.5 Å².